The molecule has 1 aromatic heterocycles. The highest BCUT2D eigenvalue weighted by atomic mass is 35.5. The maximum absolute atomic E-state index is 13.1. The highest BCUT2D eigenvalue weighted by molar-refractivity contribution is 7.92. The van der Waals surface area contributed by atoms with E-state index in [1.807, 2.05) is 0 Å². The van der Waals surface area contributed by atoms with Crippen LogP contribution in [-0.2, 0) is 26.5 Å². The predicted octanol–water partition coefficient (Wildman–Crippen LogP) is 4.97. The van der Waals surface area contributed by atoms with E-state index in [-0.39, 0.29) is 44.0 Å². The van der Waals surface area contributed by atoms with Crippen molar-refractivity contribution in [1.82, 2.24) is 9.71 Å². The van der Waals surface area contributed by atoms with Crippen molar-refractivity contribution in [2.45, 2.75) is 16.2 Å². The Labute approximate surface area is 247 Å². The van der Waals surface area contributed by atoms with Crippen LogP contribution in [0.15, 0.2) is 94.9 Å². The van der Waals surface area contributed by atoms with Gasteiger partial charge < -0.3 is 10.1 Å². The Kier molecular flexibility index (Phi) is 9.51. The third kappa shape index (κ3) is 7.75. The molecule has 0 saturated heterocycles. The molecule has 1 heterocycles. The number of rotatable bonds is 11. The highest BCUT2D eigenvalue weighted by Gasteiger charge is 2.23. The lowest BCUT2D eigenvalue weighted by molar-refractivity contribution is 0.102. The molecule has 1 amide bonds. The molecule has 4 aromatic rings. The molecule has 0 aliphatic rings. The number of anilines is 2. The molecule has 0 aliphatic carbocycles. The van der Waals surface area contributed by atoms with Gasteiger partial charge in [0.05, 0.1) is 12.1 Å². The lowest BCUT2D eigenvalue weighted by Gasteiger charge is -2.14. The number of sulfonamides is 2. The summed E-state index contributed by atoms with van der Waals surface area (Å²) < 4.78 is 62.2. The van der Waals surface area contributed by atoms with E-state index in [4.69, 9.17) is 27.9 Å². The fourth-order valence-corrected chi connectivity index (χ4v) is 6.62. The van der Waals surface area contributed by atoms with E-state index in [1.165, 1.54) is 67.8 Å². The van der Waals surface area contributed by atoms with Gasteiger partial charge in [0.15, 0.2) is 0 Å². The van der Waals surface area contributed by atoms with Gasteiger partial charge in [-0.05, 0) is 72.8 Å². The van der Waals surface area contributed by atoms with Crippen molar-refractivity contribution in [3.8, 4) is 5.75 Å². The molecule has 3 aromatic carbocycles. The molecular formula is C27H24Cl2N4O6S2. The van der Waals surface area contributed by atoms with Gasteiger partial charge in [-0.25, -0.2) is 21.6 Å². The first-order valence-electron chi connectivity index (χ1n) is 12.0. The highest BCUT2D eigenvalue weighted by Crippen LogP contribution is 2.29. The zero-order valence-corrected chi connectivity index (χ0v) is 24.6. The first-order valence-corrected chi connectivity index (χ1v) is 15.7. The zero-order valence-electron chi connectivity index (χ0n) is 21.5. The maximum atomic E-state index is 13.1. The molecule has 0 unspecified atom stereocenters. The van der Waals surface area contributed by atoms with Crippen LogP contribution in [0.4, 0.5) is 11.4 Å². The van der Waals surface area contributed by atoms with Crippen LogP contribution in [0.5, 0.6) is 5.75 Å². The Morgan fingerprint density at radius 1 is 0.854 bits per heavy atom. The minimum Gasteiger partial charge on any atom is -0.495 e. The van der Waals surface area contributed by atoms with Crippen molar-refractivity contribution in [1.29, 1.82) is 0 Å². The van der Waals surface area contributed by atoms with Crippen LogP contribution in [0.25, 0.3) is 0 Å². The summed E-state index contributed by atoms with van der Waals surface area (Å²) in [5.74, 6) is -0.644. The number of carbonyl (C=O) groups excluding carboxylic acids is 1. The molecule has 3 N–H and O–H groups in total. The number of hydrogen-bond donors (Lipinski definition) is 3. The van der Waals surface area contributed by atoms with E-state index in [0.717, 1.165) is 0 Å². The van der Waals surface area contributed by atoms with Crippen LogP contribution >= 0.6 is 23.2 Å². The fraction of sp³-hybridized carbons (Fsp3) is 0.111. The van der Waals surface area contributed by atoms with Gasteiger partial charge in [-0.1, -0.05) is 29.3 Å². The number of amides is 1. The number of halogens is 2. The van der Waals surface area contributed by atoms with E-state index in [0.29, 0.717) is 17.1 Å². The monoisotopic (exact) mass is 634 g/mol. The summed E-state index contributed by atoms with van der Waals surface area (Å²) >= 11 is 12.0. The lowest BCUT2D eigenvalue weighted by atomic mass is 10.2. The lowest BCUT2D eigenvalue weighted by Crippen LogP contribution is -2.27. The second-order valence-electron chi connectivity index (χ2n) is 8.55. The average molecular weight is 636 g/mol. The quantitative estimate of drug-likeness (QED) is 0.211. The Morgan fingerprint density at radius 2 is 1.59 bits per heavy atom. The number of nitrogens with zero attached hydrogens (tertiary/aromatic N) is 1. The Bertz CT molecular complexity index is 1770. The topological polar surface area (TPSA) is 144 Å². The third-order valence-electron chi connectivity index (χ3n) is 5.69. The summed E-state index contributed by atoms with van der Waals surface area (Å²) in [6.45, 7) is 0.0744. The van der Waals surface area contributed by atoms with E-state index >= 15 is 0 Å². The van der Waals surface area contributed by atoms with Crippen LogP contribution in [0, 0.1) is 0 Å². The summed E-state index contributed by atoms with van der Waals surface area (Å²) in [6, 6.07) is 19.2. The van der Waals surface area contributed by atoms with Gasteiger partial charge in [0.1, 0.15) is 15.5 Å². The molecule has 4 rings (SSSR count). The Balaban J connectivity index is 1.53. The third-order valence-corrected chi connectivity index (χ3v) is 9.29. The number of ether oxygens (including phenoxy) is 1. The van der Waals surface area contributed by atoms with Gasteiger partial charge in [0, 0.05) is 46.8 Å². The minimum atomic E-state index is -4.13. The molecule has 41 heavy (non-hydrogen) atoms. The molecule has 0 bridgehead atoms. The molecule has 0 saturated carbocycles. The Morgan fingerprint density at radius 3 is 2.27 bits per heavy atom. The molecule has 0 spiro atoms. The van der Waals surface area contributed by atoms with Crippen molar-refractivity contribution in [2.24, 2.45) is 0 Å². The first kappa shape index (κ1) is 30.3. The van der Waals surface area contributed by atoms with Crippen molar-refractivity contribution < 1.29 is 26.4 Å². The van der Waals surface area contributed by atoms with E-state index in [2.05, 4.69) is 19.7 Å². The largest absolute Gasteiger partial charge is 0.495 e. The van der Waals surface area contributed by atoms with Gasteiger partial charge in [-0.15, -0.1) is 0 Å². The maximum Gasteiger partial charge on any atom is 0.263 e. The number of nitrogens with one attached hydrogen (secondary N) is 3. The molecule has 10 nitrogen and oxygen atoms in total. The normalized spacial score (nSPS) is 11.6. The molecule has 0 aliphatic heterocycles. The summed E-state index contributed by atoms with van der Waals surface area (Å²) in [4.78, 5) is 16.7. The van der Waals surface area contributed by atoms with Gasteiger partial charge in [-0.3, -0.25) is 14.5 Å². The van der Waals surface area contributed by atoms with Crippen LogP contribution < -0.4 is 19.5 Å². The second-order valence-corrected chi connectivity index (χ2v) is 12.8. The van der Waals surface area contributed by atoms with Crippen LogP contribution in [0.2, 0.25) is 10.0 Å². The Hall–Kier alpha value is -3.68. The number of aromatic nitrogens is 1. The SMILES string of the molecule is COc1ccc(C(=O)Nc2ccc(Cl)c(S(=O)(=O)Nc3ccc(Cl)cc3)c2)cc1S(=O)(=O)NCCc1ccccn1. The first-order chi connectivity index (χ1) is 19.5. The molecule has 214 valence electrons. The molecule has 14 heteroatoms. The van der Waals surface area contributed by atoms with Crippen LogP contribution in [0.3, 0.4) is 0 Å². The van der Waals surface area contributed by atoms with Gasteiger partial charge in [0.2, 0.25) is 10.0 Å². The number of methoxy groups -OCH3 is 1. The van der Waals surface area contributed by atoms with Crippen molar-refractivity contribution in [3.63, 3.8) is 0 Å². The van der Waals surface area contributed by atoms with Gasteiger partial charge in [0.25, 0.3) is 15.9 Å². The number of hydrogen-bond acceptors (Lipinski definition) is 7. The number of benzene rings is 3. The molecule has 0 atom stereocenters. The van der Waals surface area contributed by atoms with E-state index < -0.39 is 26.0 Å². The summed E-state index contributed by atoms with van der Waals surface area (Å²) in [5.41, 5.74) is 1.09. The standard InChI is InChI=1S/C27H24Cl2N4O6S2/c1-39-24-12-5-18(16-26(24)40(35,36)31-15-13-20-4-2-3-14-30-20)27(34)32-22-10-11-23(29)25(17-22)41(37,38)33-21-8-6-19(28)7-9-21/h2-12,14,16-17,31,33H,13,15H2,1H3,(H,32,34). The van der Waals surface area contributed by atoms with Crippen molar-refractivity contribution >= 4 is 60.5 Å². The van der Waals surface area contributed by atoms with E-state index in [1.54, 1.807) is 24.4 Å². The van der Waals surface area contributed by atoms with Crippen molar-refractivity contribution in [3.05, 3.63) is 106 Å². The van der Waals surface area contributed by atoms with Crippen molar-refractivity contribution in [2.75, 3.05) is 23.7 Å². The summed E-state index contributed by atoms with van der Waals surface area (Å²) in [7, 11) is -6.88. The molecule has 0 fully saturated rings. The second kappa shape index (κ2) is 12.9. The smallest absolute Gasteiger partial charge is 0.263 e. The molecular weight excluding hydrogens is 611 g/mol. The van der Waals surface area contributed by atoms with Gasteiger partial charge in [-0.2, -0.15) is 0 Å². The van der Waals surface area contributed by atoms with Crippen LogP contribution in [-0.4, -0.2) is 41.4 Å². The van der Waals surface area contributed by atoms with E-state index in [9.17, 15) is 21.6 Å². The number of pyridine rings is 1. The zero-order chi connectivity index (χ0) is 29.6. The summed E-state index contributed by atoms with van der Waals surface area (Å²) in [5, 5.41) is 2.94. The average Bonchev–Trinajstić information content (AvgIpc) is 2.95. The van der Waals surface area contributed by atoms with Crippen LogP contribution in [0.1, 0.15) is 16.1 Å². The number of carbonyl (C=O) groups is 1. The predicted molar refractivity (Wildman–Crippen MR) is 158 cm³/mol. The minimum absolute atomic E-state index is 0.00505. The fourth-order valence-electron chi connectivity index (χ4n) is 3.68. The summed E-state index contributed by atoms with van der Waals surface area (Å²) in [6.07, 6.45) is 1.97. The molecule has 0 radical (unpaired) electrons. The van der Waals surface area contributed by atoms with Gasteiger partial charge >= 0.3 is 0 Å².